The Morgan fingerprint density at radius 3 is 2.26 bits per heavy atom. The van der Waals surface area contributed by atoms with Crippen molar-refractivity contribution in [3.8, 4) is 0 Å². The number of rotatable bonds is 4. The van der Waals surface area contributed by atoms with Crippen molar-refractivity contribution in [3.63, 3.8) is 0 Å². The highest BCUT2D eigenvalue weighted by molar-refractivity contribution is 5.92. The summed E-state index contributed by atoms with van der Waals surface area (Å²) >= 11 is 0. The van der Waals surface area contributed by atoms with Crippen molar-refractivity contribution >= 4 is 17.5 Å². The second kappa shape index (κ2) is 9.26. The third kappa shape index (κ3) is 5.48. The molecule has 0 radical (unpaired) electrons. The molecule has 0 aliphatic carbocycles. The number of benzene rings is 1. The molecule has 2 amide bonds. The largest absolute Gasteiger partial charge is 0.342 e. The summed E-state index contributed by atoms with van der Waals surface area (Å²) in [6.45, 7) is 3.31. The summed E-state index contributed by atoms with van der Waals surface area (Å²) in [7, 11) is 0. The Hall–Kier alpha value is -2.02. The zero-order valence-corrected chi connectivity index (χ0v) is 15.6. The molecule has 0 unspecified atom stereocenters. The van der Waals surface area contributed by atoms with Gasteiger partial charge in [-0.25, -0.2) is 8.78 Å². The highest BCUT2D eigenvalue weighted by Gasteiger charge is 2.29. The summed E-state index contributed by atoms with van der Waals surface area (Å²) in [5.41, 5.74) is 0.241. The number of nitrogens with one attached hydrogen (secondary N) is 1. The maximum atomic E-state index is 13.2. The van der Waals surface area contributed by atoms with Crippen molar-refractivity contribution in [1.29, 1.82) is 0 Å². The Morgan fingerprint density at radius 1 is 0.963 bits per heavy atom. The van der Waals surface area contributed by atoms with Crippen molar-refractivity contribution in [2.75, 3.05) is 38.0 Å². The summed E-state index contributed by atoms with van der Waals surface area (Å²) in [6.07, 6.45) is 6.11. The van der Waals surface area contributed by atoms with Crippen LogP contribution < -0.4 is 5.32 Å². The van der Waals surface area contributed by atoms with E-state index in [0.29, 0.717) is 13.1 Å². The molecule has 2 saturated heterocycles. The molecule has 7 heteroatoms. The highest BCUT2D eigenvalue weighted by Crippen LogP contribution is 2.22. The van der Waals surface area contributed by atoms with E-state index in [1.807, 2.05) is 9.80 Å². The Balaban J connectivity index is 1.44. The first-order valence-electron chi connectivity index (χ1n) is 9.79. The molecule has 0 spiro atoms. The predicted octanol–water partition coefficient (Wildman–Crippen LogP) is 3.02. The Kier molecular flexibility index (Phi) is 6.77. The van der Waals surface area contributed by atoms with Crippen LogP contribution in [0.1, 0.15) is 38.5 Å². The number of halogens is 2. The Morgan fingerprint density at radius 2 is 1.63 bits per heavy atom. The SMILES string of the molecule is O=C(CN1CCC(C(=O)N2CCCCCC2)CC1)Nc1ccc(F)c(F)c1. The molecule has 0 aromatic heterocycles. The van der Waals surface area contributed by atoms with Gasteiger partial charge in [-0.1, -0.05) is 12.8 Å². The molecule has 2 fully saturated rings. The van der Waals surface area contributed by atoms with Crippen LogP contribution in [0.5, 0.6) is 0 Å². The van der Waals surface area contributed by atoms with E-state index in [9.17, 15) is 18.4 Å². The van der Waals surface area contributed by atoms with Gasteiger partial charge >= 0.3 is 0 Å². The van der Waals surface area contributed by atoms with E-state index in [1.165, 1.54) is 18.9 Å². The number of piperidine rings is 1. The van der Waals surface area contributed by atoms with Crippen molar-refractivity contribution < 1.29 is 18.4 Å². The minimum Gasteiger partial charge on any atom is -0.342 e. The molecule has 1 aromatic rings. The normalized spacial score (nSPS) is 19.6. The predicted molar refractivity (Wildman–Crippen MR) is 99.2 cm³/mol. The third-order valence-corrected chi connectivity index (χ3v) is 5.43. The molecule has 2 heterocycles. The van der Waals surface area contributed by atoms with Gasteiger partial charge in [0.15, 0.2) is 11.6 Å². The molecule has 3 rings (SSSR count). The van der Waals surface area contributed by atoms with Crippen LogP contribution in [0.3, 0.4) is 0 Å². The highest BCUT2D eigenvalue weighted by atomic mass is 19.2. The lowest BCUT2D eigenvalue weighted by atomic mass is 9.95. The van der Waals surface area contributed by atoms with E-state index >= 15 is 0 Å². The molecule has 0 atom stereocenters. The number of anilines is 1. The lowest BCUT2D eigenvalue weighted by Crippen LogP contribution is -2.44. The van der Waals surface area contributed by atoms with Gasteiger partial charge in [-0.3, -0.25) is 14.5 Å². The second-order valence-electron chi connectivity index (χ2n) is 7.47. The minimum absolute atomic E-state index is 0.0496. The van der Waals surface area contributed by atoms with Crippen LogP contribution in [0.15, 0.2) is 18.2 Å². The maximum Gasteiger partial charge on any atom is 0.238 e. The first-order chi connectivity index (χ1) is 13.0. The van der Waals surface area contributed by atoms with Crippen LogP contribution in [-0.4, -0.2) is 54.3 Å². The number of amides is 2. The first kappa shape index (κ1) is 19.7. The van der Waals surface area contributed by atoms with Gasteiger partial charge in [0, 0.05) is 30.8 Å². The van der Waals surface area contributed by atoms with Crippen LogP contribution in [0.4, 0.5) is 14.5 Å². The molecule has 2 aliphatic heterocycles. The van der Waals surface area contributed by atoms with Gasteiger partial charge in [-0.05, 0) is 50.9 Å². The van der Waals surface area contributed by atoms with Crippen LogP contribution in [0, 0.1) is 17.6 Å². The van der Waals surface area contributed by atoms with Gasteiger partial charge in [0.25, 0.3) is 0 Å². The van der Waals surface area contributed by atoms with Gasteiger partial charge in [0.2, 0.25) is 11.8 Å². The molecule has 148 valence electrons. The van der Waals surface area contributed by atoms with Gasteiger partial charge in [0.05, 0.1) is 6.54 Å². The van der Waals surface area contributed by atoms with Crippen molar-refractivity contribution in [3.05, 3.63) is 29.8 Å². The standard InChI is InChI=1S/C20H27F2N3O2/c21-17-6-5-16(13-18(17)22)23-19(26)14-24-11-7-15(8-12-24)20(27)25-9-3-1-2-4-10-25/h5-6,13,15H,1-4,7-12,14H2,(H,23,26). The molecular weight excluding hydrogens is 352 g/mol. The lowest BCUT2D eigenvalue weighted by Gasteiger charge is -2.33. The molecule has 5 nitrogen and oxygen atoms in total. The molecule has 0 bridgehead atoms. The van der Waals surface area contributed by atoms with Gasteiger partial charge in [0.1, 0.15) is 0 Å². The Labute approximate surface area is 158 Å². The van der Waals surface area contributed by atoms with Gasteiger partial charge < -0.3 is 10.2 Å². The number of likely N-dealkylation sites (tertiary alicyclic amines) is 2. The van der Waals surface area contributed by atoms with Crippen molar-refractivity contribution in [2.24, 2.45) is 5.92 Å². The summed E-state index contributed by atoms with van der Waals surface area (Å²) in [5.74, 6) is -1.88. The van der Waals surface area contributed by atoms with E-state index in [1.54, 1.807) is 0 Å². The molecule has 27 heavy (non-hydrogen) atoms. The number of hydrogen-bond donors (Lipinski definition) is 1. The average Bonchev–Trinajstić information content (AvgIpc) is 2.94. The fraction of sp³-hybridized carbons (Fsp3) is 0.600. The van der Waals surface area contributed by atoms with E-state index in [0.717, 1.165) is 50.9 Å². The van der Waals surface area contributed by atoms with E-state index in [-0.39, 0.29) is 30.0 Å². The quantitative estimate of drug-likeness (QED) is 0.875. The number of hydrogen-bond acceptors (Lipinski definition) is 3. The molecule has 2 aliphatic rings. The topological polar surface area (TPSA) is 52.7 Å². The summed E-state index contributed by atoms with van der Waals surface area (Å²) < 4.78 is 26.2. The first-order valence-corrected chi connectivity index (χ1v) is 9.79. The number of carbonyl (C=O) groups is 2. The van der Waals surface area contributed by atoms with Crippen molar-refractivity contribution in [2.45, 2.75) is 38.5 Å². The molecular formula is C20H27F2N3O2. The monoisotopic (exact) mass is 379 g/mol. The maximum absolute atomic E-state index is 13.2. The van der Waals surface area contributed by atoms with E-state index in [4.69, 9.17) is 0 Å². The second-order valence-corrected chi connectivity index (χ2v) is 7.47. The average molecular weight is 379 g/mol. The third-order valence-electron chi connectivity index (χ3n) is 5.43. The van der Waals surface area contributed by atoms with Crippen LogP contribution in [-0.2, 0) is 9.59 Å². The van der Waals surface area contributed by atoms with Gasteiger partial charge in [-0.2, -0.15) is 0 Å². The number of carbonyl (C=O) groups excluding carboxylic acids is 2. The zero-order chi connectivity index (χ0) is 19.2. The fourth-order valence-corrected chi connectivity index (χ4v) is 3.86. The fourth-order valence-electron chi connectivity index (χ4n) is 3.86. The Bertz CT molecular complexity index is 667. The van der Waals surface area contributed by atoms with Crippen molar-refractivity contribution in [1.82, 2.24) is 9.80 Å². The van der Waals surface area contributed by atoms with Crippen LogP contribution in [0.25, 0.3) is 0 Å². The van der Waals surface area contributed by atoms with E-state index in [2.05, 4.69) is 5.32 Å². The van der Waals surface area contributed by atoms with Crippen LogP contribution in [0.2, 0.25) is 0 Å². The minimum atomic E-state index is -0.986. The molecule has 1 aromatic carbocycles. The molecule has 0 saturated carbocycles. The smallest absolute Gasteiger partial charge is 0.238 e. The molecule has 1 N–H and O–H groups in total. The lowest BCUT2D eigenvalue weighted by molar-refractivity contribution is -0.137. The van der Waals surface area contributed by atoms with E-state index < -0.39 is 11.6 Å². The summed E-state index contributed by atoms with van der Waals surface area (Å²) in [4.78, 5) is 28.8. The van der Waals surface area contributed by atoms with Crippen LogP contribution >= 0.6 is 0 Å². The zero-order valence-electron chi connectivity index (χ0n) is 15.6. The summed E-state index contributed by atoms with van der Waals surface area (Å²) in [6, 6.07) is 3.30. The number of nitrogens with zero attached hydrogens (tertiary/aromatic N) is 2. The summed E-state index contributed by atoms with van der Waals surface area (Å²) in [5, 5.41) is 2.59. The van der Waals surface area contributed by atoms with Gasteiger partial charge in [-0.15, -0.1) is 0 Å².